The van der Waals surface area contributed by atoms with Gasteiger partial charge in [-0.3, -0.25) is 15.1 Å². The summed E-state index contributed by atoms with van der Waals surface area (Å²) >= 11 is 0. The minimum Gasteiger partial charge on any atom is -0.496 e. The first-order valence-electron chi connectivity index (χ1n) is 10.1. The molecule has 0 unspecified atom stereocenters. The molecule has 33 heavy (non-hydrogen) atoms. The number of halogens is 1. The number of nitriles is 2. The van der Waals surface area contributed by atoms with E-state index >= 15 is 0 Å². The van der Waals surface area contributed by atoms with Crippen molar-refractivity contribution in [2.45, 2.75) is 34.5 Å². The Bertz CT molecular complexity index is 1370. The highest BCUT2D eigenvalue weighted by atomic mass is 19.1. The van der Waals surface area contributed by atoms with E-state index < -0.39 is 12.0 Å². The van der Waals surface area contributed by atoms with Gasteiger partial charge in [-0.25, -0.2) is 0 Å². The van der Waals surface area contributed by atoms with Gasteiger partial charge in [0.05, 0.1) is 34.6 Å². The summed E-state index contributed by atoms with van der Waals surface area (Å²) in [6.07, 6.45) is 0. The number of ether oxygens (including phenoxy) is 1. The molecule has 1 aliphatic heterocycles. The standard InChI is InChI=1S/C23H21BFN5O3/c1-12-18(10-26)14(3)28-22(12)21(17-9-16(30(31)32)7-8-20(17)33-6)23-13(2)19(11-27)15(4)29(23)24(5)25/h7-9H,1-6H3/b22-21-. The van der Waals surface area contributed by atoms with Crippen LogP contribution in [0, 0.1) is 46.6 Å². The van der Waals surface area contributed by atoms with E-state index in [2.05, 4.69) is 17.1 Å². The average Bonchev–Trinajstić information content (AvgIpc) is 3.19. The normalized spacial score (nSPS) is 14.5. The molecule has 0 aliphatic carbocycles. The lowest BCUT2D eigenvalue weighted by molar-refractivity contribution is -0.384. The lowest BCUT2D eigenvalue weighted by Crippen LogP contribution is -2.19. The first-order chi connectivity index (χ1) is 15.6. The van der Waals surface area contributed by atoms with Gasteiger partial charge in [-0.2, -0.15) is 10.5 Å². The number of allylic oxidation sites excluding steroid dienone is 2. The number of methoxy groups -OCH3 is 1. The van der Waals surface area contributed by atoms with Crippen LogP contribution in [0.1, 0.15) is 41.9 Å². The molecule has 10 heteroatoms. The summed E-state index contributed by atoms with van der Waals surface area (Å²) in [5, 5.41) is 30.9. The molecule has 2 heterocycles. The molecule has 0 amide bonds. The Morgan fingerprint density at radius 2 is 1.91 bits per heavy atom. The Balaban J connectivity index is 2.62. The molecule has 166 valence electrons. The Labute approximate surface area is 191 Å². The number of benzene rings is 1. The van der Waals surface area contributed by atoms with Crippen molar-refractivity contribution in [3.63, 3.8) is 0 Å². The molecule has 1 aromatic carbocycles. The van der Waals surface area contributed by atoms with E-state index in [0.717, 1.165) is 0 Å². The van der Waals surface area contributed by atoms with Crippen molar-refractivity contribution in [1.29, 1.82) is 10.5 Å². The van der Waals surface area contributed by atoms with Crippen molar-refractivity contribution in [3.05, 3.63) is 73.2 Å². The second-order valence-corrected chi connectivity index (χ2v) is 7.66. The fourth-order valence-corrected chi connectivity index (χ4v) is 4.25. The summed E-state index contributed by atoms with van der Waals surface area (Å²) < 4.78 is 21.8. The molecule has 0 spiro atoms. The number of hydrogen-bond acceptors (Lipinski definition) is 6. The summed E-state index contributed by atoms with van der Waals surface area (Å²) in [6.45, 7) is 8.09. The molecule has 1 aliphatic rings. The van der Waals surface area contributed by atoms with E-state index in [1.165, 1.54) is 36.6 Å². The monoisotopic (exact) mass is 445 g/mol. The number of rotatable bonds is 5. The van der Waals surface area contributed by atoms with Crippen LogP contribution in [-0.4, -0.2) is 29.3 Å². The van der Waals surface area contributed by atoms with Crippen LogP contribution in [0.15, 0.2) is 40.0 Å². The maximum atomic E-state index is 14.9. The zero-order chi connectivity index (χ0) is 24.6. The maximum Gasteiger partial charge on any atom is 0.462 e. The SMILES string of the molecule is COc1ccc([N+](=O)[O-])cc1/C(=C1/N=C(C)C(C#N)=C1C)c1c(C)c(C#N)c(C)n1B(C)F. The Morgan fingerprint density at radius 1 is 1.24 bits per heavy atom. The third kappa shape index (κ3) is 3.70. The molecule has 8 nitrogen and oxygen atoms in total. The highest BCUT2D eigenvalue weighted by Gasteiger charge is 2.32. The molecule has 0 bridgehead atoms. The quantitative estimate of drug-likeness (QED) is 0.369. The summed E-state index contributed by atoms with van der Waals surface area (Å²) in [5.74, 6) is 0.309. The zero-order valence-corrected chi connectivity index (χ0v) is 19.1. The number of nitrogens with zero attached hydrogens (tertiary/aromatic N) is 5. The predicted octanol–water partition coefficient (Wildman–Crippen LogP) is 4.90. The Kier molecular flexibility index (Phi) is 6.23. The van der Waals surface area contributed by atoms with E-state index in [-0.39, 0.29) is 5.69 Å². The smallest absolute Gasteiger partial charge is 0.462 e. The lowest BCUT2D eigenvalue weighted by Gasteiger charge is -2.19. The van der Waals surface area contributed by atoms with Gasteiger partial charge in [0.25, 0.3) is 5.69 Å². The van der Waals surface area contributed by atoms with Gasteiger partial charge < -0.3 is 13.5 Å². The molecule has 0 fully saturated rings. The number of aliphatic imine (C=N–C) groups is 1. The molecule has 2 aromatic rings. The van der Waals surface area contributed by atoms with Crippen LogP contribution in [0.4, 0.5) is 10.0 Å². The van der Waals surface area contributed by atoms with Crippen molar-refractivity contribution in [3.8, 4) is 17.9 Å². The number of nitro groups is 1. The van der Waals surface area contributed by atoms with E-state index in [0.29, 0.717) is 62.0 Å². The van der Waals surface area contributed by atoms with Crippen molar-refractivity contribution in [2.75, 3.05) is 7.11 Å². The summed E-state index contributed by atoms with van der Waals surface area (Å²) in [5.41, 5.74) is 3.81. The van der Waals surface area contributed by atoms with Crippen LogP contribution in [-0.2, 0) is 0 Å². The first kappa shape index (κ1) is 23.5. The van der Waals surface area contributed by atoms with Crippen molar-refractivity contribution in [2.24, 2.45) is 4.99 Å². The van der Waals surface area contributed by atoms with Gasteiger partial charge in [-0.05, 0) is 51.7 Å². The zero-order valence-electron chi connectivity index (χ0n) is 19.1. The van der Waals surface area contributed by atoms with Gasteiger partial charge in [0, 0.05) is 34.7 Å². The van der Waals surface area contributed by atoms with E-state index in [9.17, 15) is 25.0 Å². The van der Waals surface area contributed by atoms with Crippen LogP contribution in [0.25, 0.3) is 5.57 Å². The Morgan fingerprint density at radius 3 is 2.39 bits per heavy atom. The summed E-state index contributed by atoms with van der Waals surface area (Å²) in [4.78, 5) is 15.6. The van der Waals surface area contributed by atoms with E-state index in [1.807, 2.05) is 0 Å². The Hall–Kier alpha value is -4.18. The van der Waals surface area contributed by atoms with Crippen molar-refractivity contribution in [1.82, 2.24) is 4.48 Å². The molecule has 0 N–H and O–H groups in total. The fraction of sp³-hybridized carbons (Fsp3) is 0.261. The number of hydrogen-bond donors (Lipinski definition) is 0. The van der Waals surface area contributed by atoms with Crippen LogP contribution in [0.2, 0.25) is 6.82 Å². The number of nitro benzene ring substituents is 1. The predicted molar refractivity (Wildman–Crippen MR) is 124 cm³/mol. The number of aromatic nitrogens is 1. The molecule has 0 saturated carbocycles. The van der Waals surface area contributed by atoms with Gasteiger partial charge in [-0.1, -0.05) is 0 Å². The second kappa shape index (κ2) is 8.75. The summed E-state index contributed by atoms with van der Waals surface area (Å²) in [6, 6.07) is 8.37. The topological polar surface area (TPSA) is 117 Å². The molecule has 3 rings (SSSR count). The fourth-order valence-electron chi connectivity index (χ4n) is 4.25. The lowest BCUT2D eigenvalue weighted by atomic mass is 9.87. The second-order valence-electron chi connectivity index (χ2n) is 7.66. The minimum atomic E-state index is -1.51. The van der Waals surface area contributed by atoms with Gasteiger partial charge >= 0.3 is 7.12 Å². The summed E-state index contributed by atoms with van der Waals surface area (Å²) in [7, 11) is -0.0814. The van der Waals surface area contributed by atoms with Gasteiger partial charge in [-0.15, -0.1) is 0 Å². The third-order valence-corrected chi connectivity index (χ3v) is 5.78. The molecule has 1 aromatic heterocycles. The van der Waals surface area contributed by atoms with Crippen molar-refractivity contribution >= 4 is 24.1 Å². The molecular formula is C23H21BFN5O3. The highest BCUT2D eigenvalue weighted by Crippen LogP contribution is 2.43. The molecule has 0 radical (unpaired) electrons. The largest absolute Gasteiger partial charge is 0.496 e. The highest BCUT2D eigenvalue weighted by molar-refractivity contribution is 6.48. The molecule has 0 saturated heterocycles. The number of non-ortho nitro benzene ring substituents is 1. The third-order valence-electron chi connectivity index (χ3n) is 5.78. The average molecular weight is 445 g/mol. The van der Waals surface area contributed by atoms with Gasteiger partial charge in [0.15, 0.2) is 0 Å². The van der Waals surface area contributed by atoms with Gasteiger partial charge in [0.1, 0.15) is 17.9 Å². The van der Waals surface area contributed by atoms with Crippen molar-refractivity contribution < 1.29 is 14.0 Å². The van der Waals surface area contributed by atoms with Crippen LogP contribution >= 0.6 is 0 Å². The van der Waals surface area contributed by atoms with Crippen LogP contribution < -0.4 is 4.74 Å². The van der Waals surface area contributed by atoms with Gasteiger partial charge in [0.2, 0.25) is 0 Å². The van der Waals surface area contributed by atoms with Crippen LogP contribution in [0.3, 0.4) is 0 Å². The van der Waals surface area contributed by atoms with E-state index in [4.69, 9.17) is 4.74 Å². The molecule has 0 atom stereocenters. The van der Waals surface area contributed by atoms with Crippen LogP contribution in [0.5, 0.6) is 5.75 Å². The maximum absolute atomic E-state index is 14.9. The molecular weight excluding hydrogens is 424 g/mol. The first-order valence-corrected chi connectivity index (χ1v) is 10.1. The minimum absolute atomic E-state index is 0.189. The van der Waals surface area contributed by atoms with E-state index in [1.54, 1.807) is 27.7 Å².